The number of nitrogens with zero attached hydrogens (tertiary/aromatic N) is 2. The van der Waals surface area contributed by atoms with Gasteiger partial charge in [0, 0.05) is 13.7 Å². The van der Waals surface area contributed by atoms with E-state index in [-0.39, 0.29) is 17.2 Å². The molecule has 2 N–H and O–H groups in total. The number of aromatic carboxylic acids is 1. The number of ether oxygens (including phenoxy) is 1. The standard InChI is InChI=1S/C12H19N3O3/c1-12(2,3)9(18-4)6-15-10-7-13-8(5-14-10)11(16)17/h5,7,9H,6H2,1-4H3,(H,14,15)(H,16,17). The molecule has 18 heavy (non-hydrogen) atoms. The van der Waals surface area contributed by atoms with Gasteiger partial charge in [-0.15, -0.1) is 0 Å². The van der Waals surface area contributed by atoms with Crippen LogP contribution in [0.2, 0.25) is 0 Å². The number of carboxylic acids is 1. The van der Waals surface area contributed by atoms with Gasteiger partial charge in [-0.05, 0) is 5.41 Å². The monoisotopic (exact) mass is 253 g/mol. The van der Waals surface area contributed by atoms with Gasteiger partial charge in [0.1, 0.15) is 5.82 Å². The summed E-state index contributed by atoms with van der Waals surface area (Å²) < 4.78 is 5.39. The summed E-state index contributed by atoms with van der Waals surface area (Å²) in [5, 5.41) is 11.8. The van der Waals surface area contributed by atoms with Crippen molar-refractivity contribution in [3.8, 4) is 0 Å². The average molecular weight is 253 g/mol. The molecule has 100 valence electrons. The molecule has 1 atom stereocenters. The van der Waals surface area contributed by atoms with E-state index < -0.39 is 5.97 Å². The molecule has 0 aliphatic carbocycles. The Balaban J connectivity index is 2.60. The molecule has 0 spiro atoms. The Kier molecular flexibility index (Phi) is 4.61. The number of nitrogens with one attached hydrogen (secondary N) is 1. The number of aromatic nitrogens is 2. The van der Waals surface area contributed by atoms with Crippen molar-refractivity contribution in [2.45, 2.75) is 26.9 Å². The summed E-state index contributed by atoms with van der Waals surface area (Å²) in [4.78, 5) is 18.4. The van der Waals surface area contributed by atoms with E-state index in [0.29, 0.717) is 12.4 Å². The van der Waals surface area contributed by atoms with Crippen molar-refractivity contribution in [1.82, 2.24) is 9.97 Å². The zero-order valence-corrected chi connectivity index (χ0v) is 11.1. The minimum atomic E-state index is -1.08. The Morgan fingerprint density at radius 2 is 2.11 bits per heavy atom. The van der Waals surface area contributed by atoms with Crippen LogP contribution in [0.5, 0.6) is 0 Å². The van der Waals surface area contributed by atoms with Gasteiger partial charge in [0.25, 0.3) is 0 Å². The Morgan fingerprint density at radius 1 is 1.44 bits per heavy atom. The quantitative estimate of drug-likeness (QED) is 0.830. The fourth-order valence-corrected chi connectivity index (χ4v) is 1.47. The lowest BCUT2D eigenvalue weighted by Crippen LogP contribution is -2.35. The van der Waals surface area contributed by atoms with Gasteiger partial charge in [-0.2, -0.15) is 0 Å². The molecule has 6 nitrogen and oxygen atoms in total. The van der Waals surface area contributed by atoms with Crippen LogP contribution in [0.25, 0.3) is 0 Å². The number of carbonyl (C=O) groups is 1. The van der Waals surface area contributed by atoms with Crippen molar-refractivity contribution in [2.75, 3.05) is 19.0 Å². The van der Waals surface area contributed by atoms with E-state index in [2.05, 4.69) is 36.1 Å². The maximum Gasteiger partial charge on any atom is 0.356 e. The van der Waals surface area contributed by atoms with Crippen LogP contribution >= 0.6 is 0 Å². The number of anilines is 1. The summed E-state index contributed by atoms with van der Waals surface area (Å²) in [5.74, 6) is -0.551. The minimum absolute atomic E-state index is 0.0101. The van der Waals surface area contributed by atoms with Gasteiger partial charge in [0.05, 0.1) is 18.5 Å². The van der Waals surface area contributed by atoms with E-state index in [4.69, 9.17) is 9.84 Å². The fourth-order valence-electron chi connectivity index (χ4n) is 1.47. The highest BCUT2D eigenvalue weighted by Crippen LogP contribution is 2.21. The van der Waals surface area contributed by atoms with Crippen LogP contribution in [-0.2, 0) is 4.74 Å². The number of carboxylic acid groups (broad SMARTS) is 1. The van der Waals surface area contributed by atoms with Crippen LogP contribution in [0.4, 0.5) is 5.82 Å². The first kappa shape index (κ1) is 14.4. The Labute approximate surface area is 106 Å². The molecule has 0 aliphatic heterocycles. The van der Waals surface area contributed by atoms with Gasteiger partial charge < -0.3 is 15.2 Å². The Morgan fingerprint density at radius 3 is 2.50 bits per heavy atom. The molecular weight excluding hydrogens is 234 g/mol. The van der Waals surface area contributed by atoms with Crippen molar-refractivity contribution in [3.05, 3.63) is 18.1 Å². The van der Waals surface area contributed by atoms with Crippen LogP contribution in [0.15, 0.2) is 12.4 Å². The SMILES string of the molecule is COC(CNc1cnc(C(=O)O)cn1)C(C)(C)C. The van der Waals surface area contributed by atoms with Crippen LogP contribution in [0.1, 0.15) is 31.3 Å². The van der Waals surface area contributed by atoms with Crippen LogP contribution in [0, 0.1) is 5.41 Å². The molecule has 1 aromatic heterocycles. The van der Waals surface area contributed by atoms with Crippen molar-refractivity contribution in [3.63, 3.8) is 0 Å². The summed E-state index contributed by atoms with van der Waals surface area (Å²) in [6, 6.07) is 0. The van der Waals surface area contributed by atoms with E-state index in [1.165, 1.54) is 12.4 Å². The third kappa shape index (κ3) is 3.96. The second-order valence-electron chi connectivity index (χ2n) is 5.06. The van der Waals surface area contributed by atoms with E-state index in [1.54, 1.807) is 7.11 Å². The molecule has 0 aromatic carbocycles. The molecule has 0 saturated carbocycles. The smallest absolute Gasteiger partial charge is 0.356 e. The van der Waals surface area contributed by atoms with Crippen LogP contribution in [0.3, 0.4) is 0 Å². The van der Waals surface area contributed by atoms with Crippen LogP contribution < -0.4 is 5.32 Å². The number of hydrogen-bond donors (Lipinski definition) is 2. The maximum atomic E-state index is 10.6. The molecule has 0 radical (unpaired) electrons. The van der Waals surface area contributed by atoms with Crippen LogP contribution in [-0.4, -0.2) is 40.8 Å². The lowest BCUT2D eigenvalue weighted by Gasteiger charge is -2.29. The highest BCUT2D eigenvalue weighted by molar-refractivity contribution is 5.84. The van der Waals surface area contributed by atoms with Gasteiger partial charge in [-0.25, -0.2) is 14.8 Å². The van der Waals surface area contributed by atoms with Gasteiger partial charge in [-0.3, -0.25) is 0 Å². The fraction of sp³-hybridized carbons (Fsp3) is 0.583. The number of rotatable bonds is 5. The summed E-state index contributed by atoms with van der Waals surface area (Å²) in [5.41, 5.74) is -0.0597. The topological polar surface area (TPSA) is 84.3 Å². The first-order valence-electron chi connectivity index (χ1n) is 5.66. The molecule has 0 fully saturated rings. The summed E-state index contributed by atoms with van der Waals surface area (Å²) >= 11 is 0. The van der Waals surface area contributed by atoms with E-state index in [0.717, 1.165) is 0 Å². The molecular formula is C12H19N3O3. The van der Waals surface area contributed by atoms with Gasteiger partial charge in [-0.1, -0.05) is 20.8 Å². The third-order valence-electron chi connectivity index (χ3n) is 2.59. The Bertz CT molecular complexity index is 398. The van der Waals surface area contributed by atoms with E-state index in [1.807, 2.05) is 0 Å². The first-order valence-corrected chi connectivity index (χ1v) is 5.66. The predicted octanol–water partition coefficient (Wildman–Crippen LogP) is 1.65. The molecule has 1 unspecified atom stereocenters. The molecule has 0 saturated heterocycles. The highest BCUT2D eigenvalue weighted by Gasteiger charge is 2.24. The summed E-state index contributed by atoms with van der Waals surface area (Å²) in [6.07, 6.45) is 2.65. The lowest BCUT2D eigenvalue weighted by molar-refractivity contribution is 0.0268. The molecule has 0 bridgehead atoms. The maximum absolute atomic E-state index is 10.6. The number of hydrogen-bond acceptors (Lipinski definition) is 5. The molecule has 0 aliphatic rings. The highest BCUT2D eigenvalue weighted by atomic mass is 16.5. The van der Waals surface area contributed by atoms with Crippen molar-refractivity contribution < 1.29 is 14.6 Å². The average Bonchev–Trinajstić information content (AvgIpc) is 2.28. The van der Waals surface area contributed by atoms with Gasteiger partial charge in [0.2, 0.25) is 0 Å². The van der Waals surface area contributed by atoms with Gasteiger partial charge in [0.15, 0.2) is 5.69 Å². The summed E-state index contributed by atoms with van der Waals surface area (Å²) in [7, 11) is 1.66. The second kappa shape index (κ2) is 5.77. The second-order valence-corrected chi connectivity index (χ2v) is 5.06. The van der Waals surface area contributed by atoms with Crippen molar-refractivity contribution >= 4 is 11.8 Å². The lowest BCUT2D eigenvalue weighted by atomic mass is 9.89. The van der Waals surface area contributed by atoms with Crippen molar-refractivity contribution in [1.29, 1.82) is 0 Å². The molecule has 1 rings (SSSR count). The first-order chi connectivity index (χ1) is 8.34. The van der Waals surface area contributed by atoms with Crippen molar-refractivity contribution in [2.24, 2.45) is 5.41 Å². The molecule has 0 amide bonds. The minimum Gasteiger partial charge on any atom is -0.476 e. The zero-order valence-electron chi connectivity index (χ0n) is 11.1. The zero-order chi connectivity index (χ0) is 13.8. The largest absolute Gasteiger partial charge is 0.476 e. The van der Waals surface area contributed by atoms with Gasteiger partial charge >= 0.3 is 5.97 Å². The normalized spacial score (nSPS) is 13.1. The third-order valence-corrected chi connectivity index (χ3v) is 2.59. The molecule has 6 heteroatoms. The predicted molar refractivity (Wildman–Crippen MR) is 67.7 cm³/mol. The van der Waals surface area contributed by atoms with E-state index >= 15 is 0 Å². The molecule has 1 heterocycles. The Hall–Kier alpha value is -1.69. The summed E-state index contributed by atoms with van der Waals surface area (Å²) in [6.45, 7) is 6.84. The van der Waals surface area contributed by atoms with E-state index in [9.17, 15) is 4.79 Å². The molecule has 1 aromatic rings. The number of methoxy groups -OCH3 is 1.